The second kappa shape index (κ2) is 6.53. The molecule has 7 heteroatoms. The molecule has 0 saturated carbocycles. The Morgan fingerprint density at radius 1 is 1.27 bits per heavy atom. The molecule has 0 spiro atoms. The van der Waals surface area contributed by atoms with E-state index in [-0.39, 0.29) is 22.7 Å². The molecule has 1 fully saturated rings. The average molecular weight is 372 g/mol. The van der Waals surface area contributed by atoms with Crippen LogP contribution >= 0.6 is 11.6 Å². The Balaban J connectivity index is 1.57. The molecule has 0 bridgehead atoms. The van der Waals surface area contributed by atoms with Crippen LogP contribution in [-0.4, -0.2) is 22.6 Å². The van der Waals surface area contributed by atoms with Gasteiger partial charge in [-0.05, 0) is 42.8 Å². The summed E-state index contributed by atoms with van der Waals surface area (Å²) in [5, 5.41) is 3.95. The zero-order chi connectivity index (χ0) is 18.3. The molecule has 4 rings (SSSR count). The van der Waals surface area contributed by atoms with Crippen molar-refractivity contribution in [1.82, 2.24) is 10.1 Å². The van der Waals surface area contributed by atoms with Crippen LogP contribution in [0.25, 0.3) is 11.4 Å². The normalized spacial score (nSPS) is 17.1. The highest BCUT2D eigenvalue weighted by atomic mass is 35.5. The van der Waals surface area contributed by atoms with Gasteiger partial charge in [0, 0.05) is 24.2 Å². The van der Waals surface area contributed by atoms with Gasteiger partial charge in [0.1, 0.15) is 5.82 Å². The third-order valence-corrected chi connectivity index (χ3v) is 4.71. The van der Waals surface area contributed by atoms with Gasteiger partial charge < -0.3 is 9.42 Å². The molecule has 0 N–H and O–H groups in total. The van der Waals surface area contributed by atoms with Gasteiger partial charge in [0.05, 0.1) is 10.9 Å². The van der Waals surface area contributed by atoms with Crippen molar-refractivity contribution < 1.29 is 13.7 Å². The van der Waals surface area contributed by atoms with Crippen molar-refractivity contribution in [2.75, 3.05) is 11.4 Å². The Bertz CT molecular complexity index is 988. The fraction of sp³-hybridized carbons (Fsp3) is 0.211. The summed E-state index contributed by atoms with van der Waals surface area (Å²) in [6.45, 7) is 2.45. The summed E-state index contributed by atoms with van der Waals surface area (Å²) in [7, 11) is 0. The number of hydrogen-bond donors (Lipinski definition) is 0. The van der Waals surface area contributed by atoms with Gasteiger partial charge in [0.25, 0.3) is 0 Å². The molecule has 1 saturated heterocycles. The van der Waals surface area contributed by atoms with E-state index < -0.39 is 5.82 Å². The van der Waals surface area contributed by atoms with Crippen LogP contribution in [0.3, 0.4) is 0 Å². The topological polar surface area (TPSA) is 59.2 Å². The zero-order valence-corrected chi connectivity index (χ0v) is 14.7. The fourth-order valence-electron chi connectivity index (χ4n) is 3.07. The molecule has 1 unspecified atom stereocenters. The summed E-state index contributed by atoms with van der Waals surface area (Å²) < 4.78 is 19.0. The minimum atomic E-state index is -0.544. The lowest BCUT2D eigenvalue weighted by molar-refractivity contribution is -0.117. The minimum Gasteiger partial charge on any atom is -0.339 e. The summed E-state index contributed by atoms with van der Waals surface area (Å²) in [5.41, 5.74) is 2.42. The van der Waals surface area contributed by atoms with Crippen LogP contribution < -0.4 is 4.90 Å². The molecule has 0 aliphatic carbocycles. The molecule has 3 aromatic rings. The van der Waals surface area contributed by atoms with E-state index in [2.05, 4.69) is 10.1 Å². The fourth-order valence-corrected chi connectivity index (χ4v) is 3.19. The Labute approximate surface area is 154 Å². The standard InChI is InChI=1S/C19H15ClFN3O2/c1-11-3-2-4-14(7-11)24-10-13(9-17(24)25)19-22-18(23-26-19)12-5-6-15(20)16(21)8-12/h2-8,13H,9-10H2,1H3. The summed E-state index contributed by atoms with van der Waals surface area (Å²) in [5.74, 6) is -0.0765. The van der Waals surface area contributed by atoms with E-state index in [9.17, 15) is 9.18 Å². The van der Waals surface area contributed by atoms with Crippen molar-refractivity contribution in [2.45, 2.75) is 19.3 Å². The highest BCUT2D eigenvalue weighted by Gasteiger charge is 2.35. The van der Waals surface area contributed by atoms with Crippen LogP contribution in [0.4, 0.5) is 10.1 Å². The third-order valence-electron chi connectivity index (χ3n) is 4.41. The van der Waals surface area contributed by atoms with Crippen molar-refractivity contribution >= 4 is 23.2 Å². The Morgan fingerprint density at radius 3 is 2.88 bits per heavy atom. The number of rotatable bonds is 3. The third kappa shape index (κ3) is 3.08. The first kappa shape index (κ1) is 16.7. The summed E-state index contributed by atoms with van der Waals surface area (Å²) in [4.78, 5) is 18.5. The quantitative estimate of drug-likeness (QED) is 0.686. The van der Waals surface area contributed by atoms with Crippen LogP contribution in [0.5, 0.6) is 0 Å². The number of aryl methyl sites for hydroxylation is 1. The maximum absolute atomic E-state index is 13.6. The Kier molecular flexibility index (Phi) is 4.20. The SMILES string of the molecule is Cc1cccc(N2CC(c3nc(-c4ccc(Cl)c(F)c4)no3)CC2=O)c1. The molecule has 1 aliphatic heterocycles. The molecular weight excluding hydrogens is 357 g/mol. The predicted octanol–water partition coefficient (Wildman–Crippen LogP) is 4.36. The molecule has 132 valence electrons. The van der Waals surface area contributed by atoms with E-state index >= 15 is 0 Å². The van der Waals surface area contributed by atoms with Gasteiger partial charge in [0.2, 0.25) is 17.6 Å². The van der Waals surface area contributed by atoms with E-state index in [4.69, 9.17) is 16.1 Å². The molecule has 1 aliphatic rings. The molecule has 1 aromatic heterocycles. The van der Waals surface area contributed by atoms with Crippen molar-refractivity contribution in [3.63, 3.8) is 0 Å². The molecule has 26 heavy (non-hydrogen) atoms. The number of carbonyl (C=O) groups is 1. The van der Waals surface area contributed by atoms with Crippen molar-refractivity contribution in [3.05, 3.63) is 64.8 Å². The molecule has 5 nitrogen and oxygen atoms in total. The van der Waals surface area contributed by atoms with Crippen LogP contribution in [0.1, 0.15) is 23.8 Å². The molecule has 1 amide bonds. The summed E-state index contributed by atoms with van der Waals surface area (Å²) >= 11 is 5.70. The van der Waals surface area contributed by atoms with Crippen molar-refractivity contribution in [3.8, 4) is 11.4 Å². The van der Waals surface area contributed by atoms with Crippen LogP contribution in [0, 0.1) is 12.7 Å². The number of benzene rings is 2. The number of halogens is 2. The van der Waals surface area contributed by atoms with Gasteiger partial charge in [0.15, 0.2) is 0 Å². The van der Waals surface area contributed by atoms with Crippen molar-refractivity contribution in [2.24, 2.45) is 0 Å². The highest BCUT2D eigenvalue weighted by Crippen LogP contribution is 2.32. The smallest absolute Gasteiger partial charge is 0.232 e. The Morgan fingerprint density at radius 2 is 2.12 bits per heavy atom. The molecule has 0 radical (unpaired) electrons. The zero-order valence-electron chi connectivity index (χ0n) is 13.9. The van der Waals surface area contributed by atoms with E-state index in [1.54, 1.807) is 11.0 Å². The first-order valence-corrected chi connectivity index (χ1v) is 8.55. The lowest BCUT2D eigenvalue weighted by Gasteiger charge is -2.16. The number of carbonyl (C=O) groups excluding carboxylic acids is 1. The summed E-state index contributed by atoms with van der Waals surface area (Å²) in [6, 6.07) is 12.1. The van der Waals surface area contributed by atoms with E-state index in [1.807, 2.05) is 31.2 Å². The minimum absolute atomic E-state index is 0.0119. The highest BCUT2D eigenvalue weighted by molar-refractivity contribution is 6.30. The first-order valence-electron chi connectivity index (χ1n) is 8.17. The van der Waals surface area contributed by atoms with E-state index in [1.165, 1.54) is 12.1 Å². The number of anilines is 1. The van der Waals surface area contributed by atoms with Gasteiger partial charge in [-0.1, -0.05) is 28.9 Å². The largest absolute Gasteiger partial charge is 0.339 e. The number of amides is 1. The lowest BCUT2D eigenvalue weighted by Crippen LogP contribution is -2.24. The Hall–Kier alpha value is -2.73. The van der Waals surface area contributed by atoms with E-state index in [0.717, 1.165) is 11.3 Å². The molecule has 2 heterocycles. The van der Waals surface area contributed by atoms with Crippen LogP contribution in [0.2, 0.25) is 5.02 Å². The van der Waals surface area contributed by atoms with Gasteiger partial charge in [-0.3, -0.25) is 4.79 Å². The van der Waals surface area contributed by atoms with E-state index in [0.29, 0.717) is 24.4 Å². The van der Waals surface area contributed by atoms with Gasteiger partial charge in [-0.2, -0.15) is 4.98 Å². The van der Waals surface area contributed by atoms with Crippen LogP contribution in [-0.2, 0) is 4.79 Å². The maximum atomic E-state index is 13.6. The van der Waals surface area contributed by atoms with Gasteiger partial charge in [-0.15, -0.1) is 0 Å². The van der Waals surface area contributed by atoms with Gasteiger partial charge in [-0.25, -0.2) is 4.39 Å². The lowest BCUT2D eigenvalue weighted by atomic mass is 10.1. The predicted molar refractivity (Wildman–Crippen MR) is 95.6 cm³/mol. The number of aromatic nitrogens is 2. The number of nitrogens with zero attached hydrogens (tertiary/aromatic N) is 3. The molecule has 2 aromatic carbocycles. The molecule has 1 atom stereocenters. The second-order valence-electron chi connectivity index (χ2n) is 6.33. The maximum Gasteiger partial charge on any atom is 0.232 e. The van der Waals surface area contributed by atoms with Crippen molar-refractivity contribution in [1.29, 1.82) is 0 Å². The average Bonchev–Trinajstić information content (AvgIpc) is 3.24. The summed E-state index contributed by atoms with van der Waals surface area (Å²) in [6.07, 6.45) is 0.296. The monoisotopic (exact) mass is 371 g/mol. The second-order valence-corrected chi connectivity index (χ2v) is 6.74. The first-order chi connectivity index (χ1) is 12.5. The molecular formula is C19H15ClFN3O2. The van der Waals surface area contributed by atoms with Crippen LogP contribution in [0.15, 0.2) is 47.0 Å². The number of hydrogen-bond acceptors (Lipinski definition) is 4. The van der Waals surface area contributed by atoms with Gasteiger partial charge >= 0.3 is 0 Å².